The number of rotatable bonds is 7. The summed E-state index contributed by atoms with van der Waals surface area (Å²) in [6, 6.07) is 16.8. The van der Waals surface area contributed by atoms with Gasteiger partial charge in [-0.3, -0.25) is 9.69 Å². The summed E-state index contributed by atoms with van der Waals surface area (Å²) < 4.78 is 0. The van der Waals surface area contributed by atoms with Gasteiger partial charge in [-0.05, 0) is 55.4 Å². The largest absolute Gasteiger partial charge is 0.392 e. The van der Waals surface area contributed by atoms with Gasteiger partial charge in [0, 0.05) is 36.1 Å². The zero-order valence-corrected chi connectivity index (χ0v) is 18.4. The van der Waals surface area contributed by atoms with E-state index in [-0.39, 0.29) is 12.5 Å². The number of para-hydroxylation sites is 1. The molecule has 1 aliphatic carbocycles. The highest BCUT2D eigenvalue weighted by Gasteiger charge is 2.21. The maximum absolute atomic E-state index is 12.5. The van der Waals surface area contributed by atoms with Crippen molar-refractivity contribution in [2.24, 2.45) is 0 Å². The van der Waals surface area contributed by atoms with Crippen LogP contribution in [0.15, 0.2) is 48.5 Å². The number of aliphatic hydroxyl groups excluding tert-OH is 1. The summed E-state index contributed by atoms with van der Waals surface area (Å²) in [7, 11) is 0. The van der Waals surface area contributed by atoms with Gasteiger partial charge in [-0.25, -0.2) is 0 Å². The van der Waals surface area contributed by atoms with Crippen LogP contribution in [0.4, 0.5) is 11.4 Å². The van der Waals surface area contributed by atoms with E-state index in [1.165, 1.54) is 37.7 Å². The Balaban J connectivity index is 1.21. The molecule has 0 aromatic heterocycles. The number of nitrogens with one attached hydrogen (secondary N) is 2. The van der Waals surface area contributed by atoms with Crippen molar-refractivity contribution in [3.8, 4) is 0 Å². The number of likely N-dealkylation sites (tertiary alicyclic amines) is 1. The minimum atomic E-state index is 0.0455. The van der Waals surface area contributed by atoms with Crippen LogP contribution in [-0.2, 0) is 11.4 Å². The Hall–Kier alpha value is -2.37. The first-order chi connectivity index (χ1) is 15.2. The molecule has 5 nitrogen and oxygen atoms in total. The summed E-state index contributed by atoms with van der Waals surface area (Å²) in [6.45, 7) is 2.27. The molecule has 4 rings (SSSR count). The fourth-order valence-corrected chi connectivity index (χ4v) is 4.93. The minimum absolute atomic E-state index is 0.0455. The molecule has 0 spiro atoms. The molecule has 2 fully saturated rings. The molecule has 1 amide bonds. The molecule has 166 valence electrons. The molecule has 2 aromatic rings. The van der Waals surface area contributed by atoms with Crippen LogP contribution in [0, 0.1) is 0 Å². The predicted octanol–water partition coefficient (Wildman–Crippen LogP) is 4.74. The second-order valence-corrected chi connectivity index (χ2v) is 9.02. The maximum atomic E-state index is 12.5. The number of anilines is 2. The minimum Gasteiger partial charge on any atom is -0.392 e. The third-order valence-electron chi connectivity index (χ3n) is 6.77. The van der Waals surface area contributed by atoms with Gasteiger partial charge in [-0.2, -0.15) is 0 Å². The second-order valence-electron chi connectivity index (χ2n) is 9.02. The third kappa shape index (κ3) is 6.08. The standard InChI is InChI=1S/C26H35N3O2/c30-19-22-8-4-5-9-25(22)27-24-14-16-29(17-15-24)18-26(31)28-23-12-10-21(11-13-23)20-6-2-1-3-7-20/h4-5,8-13,20,24,27,30H,1-3,6-7,14-19H2,(H,28,31). The monoisotopic (exact) mass is 421 g/mol. The number of hydrogen-bond donors (Lipinski definition) is 3. The fourth-order valence-electron chi connectivity index (χ4n) is 4.93. The fraction of sp³-hybridized carbons (Fsp3) is 0.500. The van der Waals surface area contributed by atoms with Crippen LogP contribution >= 0.6 is 0 Å². The lowest BCUT2D eigenvalue weighted by atomic mass is 9.84. The molecule has 1 saturated heterocycles. The predicted molar refractivity (Wildman–Crippen MR) is 126 cm³/mol. The number of hydrogen-bond acceptors (Lipinski definition) is 4. The molecule has 1 saturated carbocycles. The topological polar surface area (TPSA) is 64.6 Å². The number of carbonyl (C=O) groups excluding carboxylic acids is 1. The van der Waals surface area contributed by atoms with Gasteiger partial charge in [0.25, 0.3) is 0 Å². The molecular formula is C26H35N3O2. The van der Waals surface area contributed by atoms with Crippen molar-refractivity contribution in [3.63, 3.8) is 0 Å². The molecule has 1 aliphatic heterocycles. The van der Waals surface area contributed by atoms with Crippen molar-refractivity contribution in [2.75, 3.05) is 30.3 Å². The second kappa shape index (κ2) is 10.8. The van der Waals surface area contributed by atoms with E-state index in [2.05, 4.69) is 39.8 Å². The Labute approximate surface area is 185 Å². The molecule has 1 heterocycles. The number of amides is 1. The van der Waals surface area contributed by atoms with Crippen molar-refractivity contribution in [2.45, 2.75) is 63.5 Å². The zero-order valence-electron chi connectivity index (χ0n) is 18.4. The molecule has 0 unspecified atom stereocenters. The van der Waals surface area contributed by atoms with Crippen molar-refractivity contribution < 1.29 is 9.90 Å². The van der Waals surface area contributed by atoms with Crippen LogP contribution in [0.2, 0.25) is 0 Å². The van der Waals surface area contributed by atoms with Crippen LogP contribution < -0.4 is 10.6 Å². The summed E-state index contributed by atoms with van der Waals surface area (Å²) in [5.41, 5.74) is 4.24. The van der Waals surface area contributed by atoms with Crippen LogP contribution in [0.5, 0.6) is 0 Å². The molecule has 2 aliphatic rings. The van der Waals surface area contributed by atoms with Crippen LogP contribution in [0.1, 0.15) is 62.0 Å². The van der Waals surface area contributed by atoms with E-state index in [0.29, 0.717) is 18.5 Å². The molecule has 0 bridgehead atoms. The first-order valence-electron chi connectivity index (χ1n) is 11.8. The lowest BCUT2D eigenvalue weighted by Crippen LogP contribution is -2.42. The Bertz CT molecular complexity index is 838. The molecule has 0 atom stereocenters. The summed E-state index contributed by atoms with van der Waals surface area (Å²) in [5.74, 6) is 0.750. The highest BCUT2D eigenvalue weighted by atomic mass is 16.3. The van der Waals surface area contributed by atoms with E-state index in [1.54, 1.807) is 0 Å². The van der Waals surface area contributed by atoms with Crippen molar-refractivity contribution in [1.29, 1.82) is 0 Å². The SMILES string of the molecule is O=C(CN1CCC(Nc2ccccc2CO)CC1)Nc1ccc(C2CCCCC2)cc1. The lowest BCUT2D eigenvalue weighted by Gasteiger charge is -2.32. The smallest absolute Gasteiger partial charge is 0.238 e. The number of benzene rings is 2. The summed E-state index contributed by atoms with van der Waals surface area (Å²) >= 11 is 0. The number of carbonyl (C=O) groups is 1. The van der Waals surface area contributed by atoms with Gasteiger partial charge < -0.3 is 15.7 Å². The van der Waals surface area contributed by atoms with Gasteiger partial charge in [0.1, 0.15) is 0 Å². The summed E-state index contributed by atoms with van der Waals surface area (Å²) in [5, 5.41) is 16.1. The molecule has 3 N–H and O–H groups in total. The van der Waals surface area contributed by atoms with Crippen LogP contribution in [0.3, 0.4) is 0 Å². The van der Waals surface area contributed by atoms with E-state index in [4.69, 9.17) is 0 Å². The Morgan fingerprint density at radius 1 is 0.935 bits per heavy atom. The first kappa shape index (κ1) is 21.8. The van der Waals surface area contributed by atoms with Gasteiger partial charge in [0.2, 0.25) is 5.91 Å². The first-order valence-corrected chi connectivity index (χ1v) is 11.8. The Morgan fingerprint density at radius 2 is 1.65 bits per heavy atom. The number of piperidine rings is 1. The van der Waals surface area contributed by atoms with E-state index >= 15 is 0 Å². The quantitative estimate of drug-likeness (QED) is 0.604. The molecule has 5 heteroatoms. The van der Waals surface area contributed by atoms with Gasteiger partial charge in [-0.1, -0.05) is 49.6 Å². The van der Waals surface area contributed by atoms with Crippen molar-refractivity contribution in [3.05, 3.63) is 59.7 Å². The van der Waals surface area contributed by atoms with E-state index in [0.717, 1.165) is 42.9 Å². The van der Waals surface area contributed by atoms with Gasteiger partial charge >= 0.3 is 0 Å². The summed E-state index contributed by atoms with van der Waals surface area (Å²) in [4.78, 5) is 14.8. The average Bonchev–Trinajstić information content (AvgIpc) is 2.82. The molecule has 2 aromatic carbocycles. The van der Waals surface area contributed by atoms with E-state index in [1.807, 2.05) is 24.3 Å². The van der Waals surface area contributed by atoms with Crippen LogP contribution in [-0.4, -0.2) is 41.6 Å². The Kier molecular flexibility index (Phi) is 7.60. The van der Waals surface area contributed by atoms with Crippen molar-refractivity contribution >= 4 is 17.3 Å². The van der Waals surface area contributed by atoms with Gasteiger partial charge in [-0.15, -0.1) is 0 Å². The zero-order chi connectivity index (χ0) is 21.5. The maximum Gasteiger partial charge on any atom is 0.238 e. The van der Waals surface area contributed by atoms with Gasteiger partial charge in [0.15, 0.2) is 0 Å². The highest BCUT2D eigenvalue weighted by Crippen LogP contribution is 2.33. The molecular weight excluding hydrogens is 386 g/mol. The van der Waals surface area contributed by atoms with Crippen LogP contribution in [0.25, 0.3) is 0 Å². The van der Waals surface area contributed by atoms with Crippen molar-refractivity contribution in [1.82, 2.24) is 4.90 Å². The number of nitrogens with zero attached hydrogens (tertiary/aromatic N) is 1. The molecule has 31 heavy (non-hydrogen) atoms. The average molecular weight is 422 g/mol. The highest BCUT2D eigenvalue weighted by molar-refractivity contribution is 5.92. The number of aliphatic hydroxyl groups is 1. The van der Waals surface area contributed by atoms with E-state index in [9.17, 15) is 9.90 Å². The summed E-state index contributed by atoms with van der Waals surface area (Å²) in [6.07, 6.45) is 8.61. The lowest BCUT2D eigenvalue weighted by molar-refractivity contribution is -0.117. The normalized spacial score (nSPS) is 18.6. The van der Waals surface area contributed by atoms with Gasteiger partial charge in [0.05, 0.1) is 13.2 Å². The molecule has 0 radical (unpaired) electrons. The van der Waals surface area contributed by atoms with E-state index < -0.39 is 0 Å². The Morgan fingerprint density at radius 3 is 2.35 bits per heavy atom. The third-order valence-corrected chi connectivity index (χ3v) is 6.77.